The lowest BCUT2D eigenvalue weighted by molar-refractivity contribution is 0.0741. The van der Waals surface area contributed by atoms with Crippen LogP contribution in [0.1, 0.15) is 15.5 Å². The molecule has 10 heteroatoms. The number of anilines is 2. The number of nitrogens with zero attached hydrogens (tertiary/aromatic N) is 4. The van der Waals surface area contributed by atoms with Crippen LogP contribution in [0, 0.1) is 0 Å². The van der Waals surface area contributed by atoms with E-state index >= 15 is 0 Å². The normalized spacial score (nSPS) is 13.5. The van der Waals surface area contributed by atoms with Crippen LogP contribution in [0.4, 0.5) is 16.2 Å². The SMILES string of the molecule is COCCN(Cc1nc(C(=O)N2CCN(c3ccccc3Cl)CC2)cs1)C(=O)Nc1ccccc1. The number of urea groups is 1. The highest BCUT2D eigenvalue weighted by Gasteiger charge is 2.25. The standard InChI is InChI=1S/C25H28ClN5O3S/c1-34-16-15-31(25(33)27-19-7-3-2-4-8-19)17-23-28-21(18-35-23)24(32)30-13-11-29(12-14-30)22-10-6-5-9-20(22)26/h2-10,18H,11-17H2,1H3,(H,27,33). The van der Waals surface area contributed by atoms with Crippen molar-refractivity contribution in [2.24, 2.45) is 0 Å². The van der Waals surface area contributed by atoms with Gasteiger partial charge in [-0.25, -0.2) is 9.78 Å². The van der Waals surface area contributed by atoms with Gasteiger partial charge in [-0.2, -0.15) is 0 Å². The molecule has 4 rings (SSSR count). The number of hydrogen-bond donors (Lipinski definition) is 1. The Hall–Kier alpha value is -3.14. The Kier molecular flexibility index (Phi) is 8.57. The summed E-state index contributed by atoms with van der Waals surface area (Å²) in [5, 5.41) is 6.07. The van der Waals surface area contributed by atoms with E-state index in [1.165, 1.54) is 11.3 Å². The van der Waals surface area contributed by atoms with E-state index in [4.69, 9.17) is 16.3 Å². The van der Waals surface area contributed by atoms with Crippen LogP contribution in [0.15, 0.2) is 60.0 Å². The molecule has 0 bridgehead atoms. The molecular formula is C25H28ClN5O3S. The number of methoxy groups -OCH3 is 1. The summed E-state index contributed by atoms with van der Waals surface area (Å²) in [7, 11) is 1.60. The molecule has 0 atom stereocenters. The predicted octanol–water partition coefficient (Wildman–Crippen LogP) is 4.44. The molecule has 0 radical (unpaired) electrons. The van der Waals surface area contributed by atoms with E-state index in [9.17, 15) is 9.59 Å². The van der Waals surface area contributed by atoms with Gasteiger partial charge in [-0.3, -0.25) is 4.79 Å². The highest BCUT2D eigenvalue weighted by Crippen LogP contribution is 2.26. The molecule has 1 aromatic heterocycles. The second-order valence-electron chi connectivity index (χ2n) is 8.07. The fraction of sp³-hybridized carbons (Fsp3) is 0.320. The Bertz CT molecular complexity index is 1130. The van der Waals surface area contributed by atoms with Gasteiger partial charge in [-0.1, -0.05) is 41.9 Å². The van der Waals surface area contributed by atoms with E-state index in [0.717, 1.165) is 5.69 Å². The molecule has 0 aliphatic carbocycles. The lowest BCUT2D eigenvalue weighted by atomic mass is 10.2. The van der Waals surface area contributed by atoms with Crippen LogP contribution in [0.5, 0.6) is 0 Å². The van der Waals surface area contributed by atoms with Gasteiger partial charge in [0.1, 0.15) is 10.7 Å². The monoisotopic (exact) mass is 513 g/mol. The average molecular weight is 514 g/mol. The number of carbonyl (C=O) groups is 2. The number of benzene rings is 2. The maximum absolute atomic E-state index is 13.1. The fourth-order valence-corrected chi connectivity index (χ4v) is 4.88. The molecule has 1 fully saturated rings. The van der Waals surface area contributed by atoms with E-state index < -0.39 is 0 Å². The molecule has 2 heterocycles. The number of halogens is 1. The Morgan fingerprint density at radius 2 is 1.80 bits per heavy atom. The van der Waals surface area contributed by atoms with Crippen molar-refractivity contribution in [2.45, 2.75) is 6.54 Å². The second-order valence-corrected chi connectivity index (χ2v) is 9.42. The maximum Gasteiger partial charge on any atom is 0.322 e. The van der Waals surface area contributed by atoms with E-state index in [0.29, 0.717) is 67.3 Å². The molecule has 0 unspecified atom stereocenters. The van der Waals surface area contributed by atoms with Crippen LogP contribution < -0.4 is 10.2 Å². The third kappa shape index (κ3) is 6.50. The maximum atomic E-state index is 13.1. The number of thiazole rings is 1. The van der Waals surface area contributed by atoms with Crippen molar-refractivity contribution in [3.63, 3.8) is 0 Å². The molecule has 3 amide bonds. The molecule has 8 nitrogen and oxygen atoms in total. The molecule has 2 aromatic carbocycles. The minimum atomic E-state index is -0.243. The summed E-state index contributed by atoms with van der Waals surface area (Å²) < 4.78 is 5.17. The minimum absolute atomic E-state index is 0.0940. The lowest BCUT2D eigenvalue weighted by Crippen LogP contribution is -2.49. The first-order valence-electron chi connectivity index (χ1n) is 11.4. The Labute approximate surface area is 214 Å². The van der Waals surface area contributed by atoms with Gasteiger partial charge in [0, 0.05) is 50.9 Å². The van der Waals surface area contributed by atoms with Crippen molar-refractivity contribution < 1.29 is 14.3 Å². The van der Waals surface area contributed by atoms with E-state index in [1.807, 2.05) is 59.5 Å². The zero-order valence-electron chi connectivity index (χ0n) is 19.5. The highest BCUT2D eigenvalue weighted by molar-refractivity contribution is 7.09. The number of para-hydroxylation sites is 2. The number of nitrogens with one attached hydrogen (secondary N) is 1. The van der Waals surface area contributed by atoms with Crippen LogP contribution in [-0.2, 0) is 11.3 Å². The zero-order chi connectivity index (χ0) is 24.6. The van der Waals surface area contributed by atoms with Crippen LogP contribution >= 0.6 is 22.9 Å². The van der Waals surface area contributed by atoms with Crippen molar-refractivity contribution in [2.75, 3.05) is 56.7 Å². The van der Waals surface area contributed by atoms with Crippen molar-refractivity contribution in [1.82, 2.24) is 14.8 Å². The topological polar surface area (TPSA) is 78.0 Å². The van der Waals surface area contributed by atoms with Gasteiger partial charge in [-0.15, -0.1) is 11.3 Å². The van der Waals surface area contributed by atoms with E-state index in [2.05, 4.69) is 15.2 Å². The fourth-order valence-electron chi connectivity index (χ4n) is 3.84. The summed E-state index contributed by atoms with van der Waals surface area (Å²) in [6.07, 6.45) is 0. The molecule has 35 heavy (non-hydrogen) atoms. The first-order chi connectivity index (χ1) is 17.0. The van der Waals surface area contributed by atoms with Gasteiger partial charge >= 0.3 is 6.03 Å². The summed E-state index contributed by atoms with van der Waals surface area (Å²) in [6, 6.07) is 16.8. The molecular weight excluding hydrogens is 486 g/mol. The number of piperazine rings is 1. The van der Waals surface area contributed by atoms with Crippen molar-refractivity contribution in [1.29, 1.82) is 0 Å². The summed E-state index contributed by atoms with van der Waals surface area (Å²) in [6.45, 7) is 3.69. The van der Waals surface area contributed by atoms with Crippen LogP contribution in [-0.4, -0.2) is 73.2 Å². The number of carbonyl (C=O) groups excluding carboxylic acids is 2. The summed E-state index contributed by atoms with van der Waals surface area (Å²) in [4.78, 5) is 36.1. The average Bonchev–Trinajstić information content (AvgIpc) is 3.36. The van der Waals surface area contributed by atoms with Crippen molar-refractivity contribution >= 4 is 46.3 Å². The minimum Gasteiger partial charge on any atom is -0.383 e. The van der Waals surface area contributed by atoms with Gasteiger partial charge in [0.05, 0.1) is 23.9 Å². The molecule has 1 aliphatic heterocycles. The Morgan fingerprint density at radius 1 is 1.09 bits per heavy atom. The third-order valence-corrected chi connectivity index (χ3v) is 6.89. The number of hydrogen-bond acceptors (Lipinski definition) is 6. The summed E-state index contributed by atoms with van der Waals surface area (Å²) in [5.41, 5.74) is 2.11. The van der Waals surface area contributed by atoms with Crippen molar-refractivity contribution in [3.05, 3.63) is 75.7 Å². The first kappa shape index (κ1) is 25.0. The summed E-state index contributed by atoms with van der Waals surface area (Å²) in [5.74, 6) is -0.0940. The highest BCUT2D eigenvalue weighted by atomic mass is 35.5. The van der Waals surface area contributed by atoms with E-state index in [1.54, 1.807) is 17.4 Å². The lowest BCUT2D eigenvalue weighted by Gasteiger charge is -2.36. The third-order valence-electron chi connectivity index (χ3n) is 5.73. The molecule has 0 spiro atoms. The van der Waals surface area contributed by atoms with Gasteiger partial charge in [0.25, 0.3) is 5.91 Å². The number of amides is 3. The molecule has 1 aliphatic rings. The molecule has 1 saturated heterocycles. The van der Waals surface area contributed by atoms with Gasteiger partial charge in [0.2, 0.25) is 0 Å². The smallest absolute Gasteiger partial charge is 0.322 e. The van der Waals surface area contributed by atoms with Crippen LogP contribution in [0.2, 0.25) is 5.02 Å². The summed E-state index contributed by atoms with van der Waals surface area (Å²) >= 11 is 7.70. The van der Waals surface area contributed by atoms with Gasteiger partial charge in [0.15, 0.2) is 0 Å². The van der Waals surface area contributed by atoms with E-state index in [-0.39, 0.29) is 11.9 Å². The predicted molar refractivity (Wildman–Crippen MR) is 139 cm³/mol. The van der Waals surface area contributed by atoms with Gasteiger partial charge in [-0.05, 0) is 24.3 Å². The Morgan fingerprint density at radius 3 is 2.51 bits per heavy atom. The first-order valence-corrected chi connectivity index (χ1v) is 12.6. The van der Waals surface area contributed by atoms with Gasteiger partial charge < -0.3 is 24.8 Å². The molecule has 0 saturated carbocycles. The Balaban J connectivity index is 1.36. The zero-order valence-corrected chi connectivity index (χ0v) is 21.1. The quantitative estimate of drug-likeness (QED) is 0.482. The number of ether oxygens (including phenoxy) is 1. The molecule has 1 N–H and O–H groups in total. The van der Waals surface area contributed by atoms with Crippen molar-refractivity contribution in [3.8, 4) is 0 Å². The van der Waals surface area contributed by atoms with Crippen LogP contribution in [0.3, 0.4) is 0 Å². The van der Waals surface area contributed by atoms with Crippen LogP contribution in [0.25, 0.3) is 0 Å². The number of aromatic nitrogens is 1. The number of rotatable bonds is 8. The largest absolute Gasteiger partial charge is 0.383 e. The second kappa shape index (κ2) is 12.0. The molecule has 184 valence electrons. The molecule has 3 aromatic rings.